The number of pyridine rings is 1. The van der Waals surface area contributed by atoms with Crippen molar-refractivity contribution in [3.05, 3.63) is 23.4 Å². The molecule has 1 aromatic rings. The number of nitrogens with one attached hydrogen (secondary N) is 1. The van der Waals surface area contributed by atoms with Gasteiger partial charge in [-0.2, -0.15) is 0 Å². The third-order valence-electron chi connectivity index (χ3n) is 6.13. The number of aromatic nitrogens is 1. The van der Waals surface area contributed by atoms with E-state index in [9.17, 15) is 4.79 Å². The number of ether oxygens (including phenoxy) is 1. The normalized spacial score (nSPS) is 29.1. The van der Waals surface area contributed by atoms with Crippen LogP contribution in [0.5, 0.6) is 5.88 Å². The van der Waals surface area contributed by atoms with Crippen LogP contribution in [0.1, 0.15) is 44.9 Å². The fraction of sp³-hybridized carbons (Fsp3) is 0.700. The molecular formula is C20H29ClN4O2. The fourth-order valence-corrected chi connectivity index (χ4v) is 4.71. The fourth-order valence-electron chi connectivity index (χ4n) is 4.55. The first-order valence-electron chi connectivity index (χ1n) is 10.3. The molecule has 1 atom stereocenters. The first-order valence-corrected chi connectivity index (χ1v) is 10.6. The second-order valence-electron chi connectivity index (χ2n) is 7.96. The number of fused-ring (bicyclic) bond motifs is 1. The highest BCUT2D eigenvalue weighted by Gasteiger charge is 2.32. The Kier molecular flexibility index (Phi) is 6.03. The van der Waals surface area contributed by atoms with E-state index >= 15 is 0 Å². The summed E-state index contributed by atoms with van der Waals surface area (Å²) < 4.78 is 5.94. The third-order valence-corrected chi connectivity index (χ3v) is 6.42. The topological polar surface area (TPSA) is 57.7 Å². The van der Waals surface area contributed by atoms with Crippen molar-refractivity contribution in [3.63, 3.8) is 0 Å². The minimum atomic E-state index is 0.109. The van der Waals surface area contributed by atoms with Gasteiger partial charge in [0.1, 0.15) is 11.1 Å². The zero-order valence-electron chi connectivity index (χ0n) is 15.8. The van der Waals surface area contributed by atoms with Gasteiger partial charge in [-0.05, 0) is 57.2 Å². The highest BCUT2D eigenvalue weighted by atomic mass is 35.5. The Bertz CT molecular complexity index is 651. The molecule has 1 unspecified atom stereocenters. The summed E-state index contributed by atoms with van der Waals surface area (Å²) in [4.78, 5) is 21.5. The van der Waals surface area contributed by atoms with E-state index in [0.29, 0.717) is 16.9 Å². The Hall–Kier alpha value is -1.53. The molecule has 0 spiro atoms. The predicted molar refractivity (Wildman–Crippen MR) is 105 cm³/mol. The number of carbonyl (C=O) groups is 1. The zero-order chi connectivity index (χ0) is 18.6. The van der Waals surface area contributed by atoms with Gasteiger partial charge in [-0.1, -0.05) is 18.0 Å². The van der Waals surface area contributed by atoms with Gasteiger partial charge < -0.3 is 15.0 Å². The third kappa shape index (κ3) is 4.66. The number of urea groups is 1. The van der Waals surface area contributed by atoms with Crippen molar-refractivity contribution < 1.29 is 9.53 Å². The standard InChI is InChI=1S/C20H29ClN4O2/c21-18-5-3-10-22-19(18)27-17-8-6-15(7-9-17)23-20(26)25-13-12-24-11-2-1-4-16(24)14-25/h3,5,10,15-17H,1-2,4,6-9,11-14H2,(H,23,26). The van der Waals surface area contributed by atoms with Crippen molar-refractivity contribution >= 4 is 17.6 Å². The van der Waals surface area contributed by atoms with Gasteiger partial charge in [-0.15, -0.1) is 0 Å². The van der Waals surface area contributed by atoms with Crippen LogP contribution in [0.4, 0.5) is 4.79 Å². The summed E-state index contributed by atoms with van der Waals surface area (Å²) in [7, 11) is 0. The molecule has 0 aromatic carbocycles. The van der Waals surface area contributed by atoms with Crippen molar-refractivity contribution in [2.24, 2.45) is 0 Å². The molecule has 3 heterocycles. The van der Waals surface area contributed by atoms with Crippen molar-refractivity contribution in [1.82, 2.24) is 20.1 Å². The van der Waals surface area contributed by atoms with E-state index in [1.165, 1.54) is 25.8 Å². The van der Waals surface area contributed by atoms with Gasteiger partial charge >= 0.3 is 6.03 Å². The average Bonchev–Trinajstić information content (AvgIpc) is 2.71. The predicted octanol–water partition coefficient (Wildman–Crippen LogP) is 3.30. The highest BCUT2D eigenvalue weighted by Crippen LogP contribution is 2.27. The molecule has 148 valence electrons. The molecule has 1 N–H and O–H groups in total. The number of carbonyl (C=O) groups excluding carboxylic acids is 1. The summed E-state index contributed by atoms with van der Waals surface area (Å²) in [5.74, 6) is 0.511. The Morgan fingerprint density at radius 2 is 2.00 bits per heavy atom. The zero-order valence-corrected chi connectivity index (χ0v) is 16.5. The van der Waals surface area contributed by atoms with E-state index in [2.05, 4.69) is 15.2 Å². The number of rotatable bonds is 3. The Labute approximate surface area is 166 Å². The largest absolute Gasteiger partial charge is 0.473 e. The molecule has 4 rings (SSSR count). The number of hydrogen-bond acceptors (Lipinski definition) is 4. The lowest BCUT2D eigenvalue weighted by atomic mass is 9.93. The summed E-state index contributed by atoms with van der Waals surface area (Å²) in [6.07, 6.45) is 9.33. The van der Waals surface area contributed by atoms with Crippen molar-refractivity contribution in [2.75, 3.05) is 26.2 Å². The lowest BCUT2D eigenvalue weighted by Crippen LogP contribution is -2.59. The lowest BCUT2D eigenvalue weighted by molar-refractivity contribution is 0.0621. The SMILES string of the molecule is O=C(NC1CCC(Oc2ncccc2Cl)CC1)N1CCN2CCCCC2C1. The molecule has 2 amide bonds. The number of nitrogens with zero attached hydrogens (tertiary/aromatic N) is 3. The van der Waals surface area contributed by atoms with Crippen molar-refractivity contribution in [2.45, 2.75) is 63.1 Å². The maximum atomic E-state index is 12.7. The second-order valence-corrected chi connectivity index (χ2v) is 8.37. The van der Waals surface area contributed by atoms with E-state index in [1.54, 1.807) is 18.3 Å². The molecule has 6 nitrogen and oxygen atoms in total. The summed E-state index contributed by atoms with van der Waals surface area (Å²) in [6, 6.07) is 4.50. The van der Waals surface area contributed by atoms with Crippen LogP contribution in [0.3, 0.4) is 0 Å². The molecule has 2 saturated heterocycles. The van der Waals surface area contributed by atoms with Crippen molar-refractivity contribution in [1.29, 1.82) is 0 Å². The van der Waals surface area contributed by atoms with Gasteiger partial charge in [0.25, 0.3) is 0 Å². The number of hydrogen-bond donors (Lipinski definition) is 1. The molecule has 1 saturated carbocycles. The lowest BCUT2D eigenvalue weighted by Gasteiger charge is -2.44. The van der Waals surface area contributed by atoms with Crippen LogP contribution < -0.4 is 10.1 Å². The first kappa shape index (κ1) is 18.8. The van der Waals surface area contributed by atoms with E-state index < -0.39 is 0 Å². The quantitative estimate of drug-likeness (QED) is 0.857. The van der Waals surface area contributed by atoms with E-state index in [-0.39, 0.29) is 18.2 Å². The monoisotopic (exact) mass is 392 g/mol. The van der Waals surface area contributed by atoms with Gasteiger partial charge in [-0.25, -0.2) is 9.78 Å². The minimum Gasteiger partial charge on any atom is -0.473 e. The van der Waals surface area contributed by atoms with E-state index in [0.717, 1.165) is 45.3 Å². The van der Waals surface area contributed by atoms with Crippen molar-refractivity contribution in [3.8, 4) is 5.88 Å². The van der Waals surface area contributed by atoms with Crippen LogP contribution in [0, 0.1) is 0 Å². The number of amides is 2. The van der Waals surface area contributed by atoms with Gasteiger partial charge in [0.15, 0.2) is 0 Å². The minimum absolute atomic E-state index is 0.109. The number of halogens is 1. The molecule has 7 heteroatoms. The van der Waals surface area contributed by atoms with Crippen LogP contribution in [0.25, 0.3) is 0 Å². The average molecular weight is 393 g/mol. The van der Waals surface area contributed by atoms with Crippen LogP contribution in [0.2, 0.25) is 5.02 Å². The van der Waals surface area contributed by atoms with Crippen LogP contribution in [-0.4, -0.2) is 65.2 Å². The summed E-state index contributed by atoms with van der Waals surface area (Å²) in [5, 5.41) is 3.80. The van der Waals surface area contributed by atoms with Crippen LogP contribution in [0.15, 0.2) is 18.3 Å². The van der Waals surface area contributed by atoms with Crippen LogP contribution in [-0.2, 0) is 0 Å². The molecule has 3 fully saturated rings. The smallest absolute Gasteiger partial charge is 0.317 e. The molecule has 27 heavy (non-hydrogen) atoms. The molecule has 2 aliphatic heterocycles. The maximum Gasteiger partial charge on any atom is 0.317 e. The molecule has 0 radical (unpaired) electrons. The maximum absolute atomic E-state index is 12.7. The van der Waals surface area contributed by atoms with Gasteiger partial charge in [0, 0.05) is 37.9 Å². The summed E-state index contributed by atoms with van der Waals surface area (Å²) in [5.41, 5.74) is 0. The number of piperazine rings is 1. The Balaban J connectivity index is 1.22. The number of piperidine rings is 1. The molecule has 1 aliphatic carbocycles. The van der Waals surface area contributed by atoms with Gasteiger partial charge in [-0.3, -0.25) is 4.90 Å². The second kappa shape index (κ2) is 8.65. The van der Waals surface area contributed by atoms with Gasteiger partial charge in [0.05, 0.1) is 0 Å². The first-order chi connectivity index (χ1) is 13.2. The highest BCUT2D eigenvalue weighted by molar-refractivity contribution is 6.31. The summed E-state index contributed by atoms with van der Waals surface area (Å²) >= 11 is 6.12. The molecule has 3 aliphatic rings. The molecular weight excluding hydrogens is 364 g/mol. The van der Waals surface area contributed by atoms with Gasteiger partial charge in [0.2, 0.25) is 5.88 Å². The van der Waals surface area contributed by atoms with E-state index in [4.69, 9.17) is 16.3 Å². The molecule has 1 aromatic heterocycles. The van der Waals surface area contributed by atoms with E-state index in [1.807, 2.05) is 4.90 Å². The van der Waals surface area contributed by atoms with Crippen LogP contribution >= 0.6 is 11.6 Å². The molecule has 0 bridgehead atoms. The summed E-state index contributed by atoms with van der Waals surface area (Å²) in [6.45, 7) is 3.94. The Morgan fingerprint density at radius 1 is 1.15 bits per heavy atom. The Morgan fingerprint density at radius 3 is 2.81 bits per heavy atom.